The van der Waals surface area contributed by atoms with E-state index in [9.17, 15) is 9.59 Å². The molecule has 3 rings (SSSR count). The molecule has 0 saturated carbocycles. The number of alkyl carbamates (subject to hydrolysis) is 1. The zero-order chi connectivity index (χ0) is 19.6. The molecule has 1 saturated heterocycles. The minimum absolute atomic E-state index is 0.00276. The molecule has 1 aromatic rings. The molecule has 0 radical (unpaired) electrons. The maximum absolute atomic E-state index is 12.1. The average Bonchev–Trinajstić information content (AvgIpc) is 2.95. The predicted molar refractivity (Wildman–Crippen MR) is 100 cm³/mol. The Balaban J connectivity index is 1.68. The molecule has 1 N–H and O–H groups in total. The summed E-state index contributed by atoms with van der Waals surface area (Å²) in [4.78, 5) is 26.3. The number of fused-ring (bicyclic) bond motifs is 1. The van der Waals surface area contributed by atoms with E-state index in [0.717, 1.165) is 24.9 Å². The summed E-state index contributed by atoms with van der Waals surface area (Å²) in [6.07, 6.45) is 1.49. The van der Waals surface area contributed by atoms with Crippen molar-refractivity contribution in [3.63, 3.8) is 0 Å². The van der Waals surface area contributed by atoms with Crippen molar-refractivity contribution in [2.75, 3.05) is 26.8 Å². The van der Waals surface area contributed by atoms with E-state index in [-0.39, 0.29) is 24.5 Å². The molecule has 1 aromatic carbocycles. The molecule has 0 aromatic heterocycles. The maximum atomic E-state index is 12.1. The fraction of sp³-hybridized carbons (Fsp3) is 0.600. The maximum Gasteiger partial charge on any atom is 0.407 e. The van der Waals surface area contributed by atoms with Crippen molar-refractivity contribution in [2.45, 2.75) is 51.8 Å². The quantitative estimate of drug-likeness (QED) is 0.871. The van der Waals surface area contributed by atoms with Gasteiger partial charge in [-0.05, 0) is 52.3 Å². The number of nitrogens with zero attached hydrogens (tertiary/aromatic N) is 1. The molecule has 27 heavy (non-hydrogen) atoms. The van der Waals surface area contributed by atoms with Crippen LogP contribution in [0.4, 0.5) is 4.79 Å². The lowest BCUT2D eigenvalue weighted by atomic mass is 10.0. The van der Waals surface area contributed by atoms with Gasteiger partial charge in [0.25, 0.3) is 0 Å². The number of carbonyl (C=O) groups is 2. The third-order valence-corrected chi connectivity index (χ3v) is 4.69. The predicted octanol–water partition coefficient (Wildman–Crippen LogP) is 2.76. The van der Waals surface area contributed by atoms with Gasteiger partial charge in [0.2, 0.25) is 5.78 Å². The second-order valence-electron chi connectivity index (χ2n) is 8.06. The number of ether oxygens (including phenoxy) is 3. The van der Waals surface area contributed by atoms with Crippen molar-refractivity contribution in [2.24, 2.45) is 0 Å². The second-order valence-corrected chi connectivity index (χ2v) is 8.06. The van der Waals surface area contributed by atoms with E-state index in [2.05, 4.69) is 10.2 Å². The van der Waals surface area contributed by atoms with Crippen LogP contribution in [0.25, 0.3) is 0 Å². The van der Waals surface area contributed by atoms with E-state index in [0.29, 0.717) is 30.2 Å². The highest BCUT2D eigenvalue weighted by atomic mass is 16.6. The van der Waals surface area contributed by atoms with Crippen LogP contribution in [0.5, 0.6) is 11.5 Å². The van der Waals surface area contributed by atoms with E-state index in [1.54, 1.807) is 13.2 Å². The number of carbonyl (C=O) groups excluding carboxylic acids is 2. The summed E-state index contributed by atoms with van der Waals surface area (Å²) >= 11 is 0. The van der Waals surface area contributed by atoms with Crippen LogP contribution in [0.1, 0.15) is 49.5 Å². The molecule has 2 aliphatic rings. The normalized spacial score (nSPS) is 20.0. The fourth-order valence-electron chi connectivity index (χ4n) is 3.57. The fourth-order valence-corrected chi connectivity index (χ4v) is 3.57. The number of amides is 1. The molecule has 0 aliphatic carbocycles. The Labute approximate surface area is 160 Å². The highest BCUT2D eigenvalue weighted by Crippen LogP contribution is 2.37. The highest BCUT2D eigenvalue weighted by Gasteiger charge is 2.29. The Morgan fingerprint density at radius 3 is 2.85 bits per heavy atom. The monoisotopic (exact) mass is 376 g/mol. The van der Waals surface area contributed by atoms with Crippen molar-refractivity contribution in [1.82, 2.24) is 10.2 Å². The first-order chi connectivity index (χ1) is 12.8. The molecule has 148 valence electrons. The molecule has 1 fully saturated rings. The Bertz CT molecular complexity index is 726. The molecular formula is C20H28N2O5. The molecule has 0 spiro atoms. The lowest BCUT2D eigenvalue weighted by molar-refractivity contribution is 0.0469. The van der Waals surface area contributed by atoms with E-state index < -0.39 is 5.60 Å². The topological polar surface area (TPSA) is 77.1 Å². The number of piperidine rings is 1. The van der Waals surface area contributed by atoms with Gasteiger partial charge in [-0.2, -0.15) is 0 Å². The second kappa shape index (κ2) is 7.76. The Kier molecular flexibility index (Phi) is 5.60. The van der Waals surface area contributed by atoms with Crippen LogP contribution >= 0.6 is 0 Å². The van der Waals surface area contributed by atoms with Gasteiger partial charge in [-0.25, -0.2) is 4.79 Å². The third-order valence-electron chi connectivity index (χ3n) is 4.69. The largest absolute Gasteiger partial charge is 0.496 e. The number of hydrogen-bond acceptors (Lipinski definition) is 6. The van der Waals surface area contributed by atoms with Crippen molar-refractivity contribution in [3.8, 4) is 11.5 Å². The number of Topliss-reactive ketones (excluding diaryl/α,β-unsaturated/α-hetero) is 1. The van der Waals surface area contributed by atoms with Crippen LogP contribution < -0.4 is 14.8 Å². The van der Waals surface area contributed by atoms with Gasteiger partial charge in [-0.3, -0.25) is 9.69 Å². The van der Waals surface area contributed by atoms with Gasteiger partial charge in [0.05, 0.1) is 18.2 Å². The summed E-state index contributed by atoms with van der Waals surface area (Å²) in [6, 6.07) is 3.61. The Hall–Kier alpha value is -2.28. The first-order valence-corrected chi connectivity index (χ1v) is 9.34. The molecule has 7 heteroatoms. The number of likely N-dealkylation sites (tertiary alicyclic amines) is 1. The highest BCUT2D eigenvalue weighted by molar-refractivity contribution is 6.03. The van der Waals surface area contributed by atoms with Crippen molar-refractivity contribution in [1.29, 1.82) is 0 Å². The van der Waals surface area contributed by atoms with Crippen molar-refractivity contribution >= 4 is 11.9 Å². The van der Waals surface area contributed by atoms with Crippen LogP contribution in [-0.4, -0.2) is 55.2 Å². The molecular weight excluding hydrogens is 348 g/mol. The molecule has 2 aliphatic heterocycles. The molecule has 7 nitrogen and oxygen atoms in total. The number of nitrogens with one attached hydrogen (secondary N) is 1. The summed E-state index contributed by atoms with van der Waals surface area (Å²) in [5.74, 6) is 1.34. The summed E-state index contributed by atoms with van der Waals surface area (Å²) in [6.45, 7) is 7.85. The molecule has 1 atom stereocenters. The smallest absolute Gasteiger partial charge is 0.407 e. The van der Waals surface area contributed by atoms with Gasteiger partial charge in [0.1, 0.15) is 17.1 Å². The number of methoxy groups -OCH3 is 1. The first-order valence-electron chi connectivity index (χ1n) is 9.34. The van der Waals surface area contributed by atoms with Crippen LogP contribution in [0.3, 0.4) is 0 Å². The third kappa shape index (κ3) is 4.71. The van der Waals surface area contributed by atoms with Gasteiger partial charge in [-0.15, -0.1) is 0 Å². The summed E-state index contributed by atoms with van der Waals surface area (Å²) in [7, 11) is 1.62. The summed E-state index contributed by atoms with van der Waals surface area (Å²) in [5, 5.41) is 2.96. The van der Waals surface area contributed by atoms with Gasteiger partial charge in [-0.1, -0.05) is 0 Å². The molecule has 1 amide bonds. The SMILES string of the molecule is COc1ccc2c(c1CN1CCC[C@H](NC(=O)OC(C)(C)C)C1)OCC2=O. The zero-order valence-electron chi connectivity index (χ0n) is 16.5. The summed E-state index contributed by atoms with van der Waals surface area (Å²) in [5.41, 5.74) is 0.991. The van der Waals surface area contributed by atoms with Gasteiger partial charge >= 0.3 is 6.09 Å². The van der Waals surface area contributed by atoms with E-state index >= 15 is 0 Å². The lowest BCUT2D eigenvalue weighted by Gasteiger charge is -2.34. The van der Waals surface area contributed by atoms with E-state index in [1.165, 1.54) is 0 Å². The van der Waals surface area contributed by atoms with Crippen molar-refractivity contribution < 1.29 is 23.8 Å². The Morgan fingerprint density at radius 2 is 2.15 bits per heavy atom. The number of ketones is 1. The van der Waals surface area contributed by atoms with E-state index in [4.69, 9.17) is 14.2 Å². The minimum atomic E-state index is -0.514. The van der Waals surface area contributed by atoms with Crippen LogP contribution in [0.2, 0.25) is 0 Å². The van der Waals surface area contributed by atoms with Crippen LogP contribution in [-0.2, 0) is 11.3 Å². The van der Waals surface area contributed by atoms with Gasteiger partial charge in [0, 0.05) is 19.1 Å². The zero-order valence-corrected chi connectivity index (χ0v) is 16.5. The molecule has 0 bridgehead atoms. The first kappa shape index (κ1) is 19.5. The lowest BCUT2D eigenvalue weighted by Crippen LogP contribution is -2.48. The molecule has 2 heterocycles. The van der Waals surface area contributed by atoms with Gasteiger partial charge in [0.15, 0.2) is 6.61 Å². The average molecular weight is 376 g/mol. The van der Waals surface area contributed by atoms with Crippen molar-refractivity contribution in [3.05, 3.63) is 23.3 Å². The minimum Gasteiger partial charge on any atom is -0.496 e. The summed E-state index contributed by atoms with van der Waals surface area (Å²) < 4.78 is 16.5. The number of hydrogen-bond donors (Lipinski definition) is 1. The number of rotatable bonds is 4. The van der Waals surface area contributed by atoms with Crippen LogP contribution in [0, 0.1) is 0 Å². The standard InChI is InChI=1S/C20H28N2O5/c1-20(2,3)27-19(24)21-13-6-5-9-22(10-13)11-15-17(25-4)8-7-14-16(23)12-26-18(14)15/h7-8,13H,5-6,9-12H2,1-4H3,(H,21,24)/t13-/m0/s1. The van der Waals surface area contributed by atoms with Gasteiger partial charge < -0.3 is 19.5 Å². The molecule has 0 unspecified atom stereocenters. The number of benzene rings is 1. The Morgan fingerprint density at radius 1 is 1.37 bits per heavy atom. The van der Waals surface area contributed by atoms with E-state index in [1.807, 2.05) is 26.8 Å². The van der Waals surface area contributed by atoms with Crippen LogP contribution in [0.15, 0.2) is 12.1 Å².